The van der Waals surface area contributed by atoms with E-state index in [1.54, 1.807) is 14.2 Å². The third-order valence-electron chi connectivity index (χ3n) is 3.76. The van der Waals surface area contributed by atoms with E-state index in [4.69, 9.17) is 18.7 Å². The fourth-order valence-electron chi connectivity index (χ4n) is 2.62. The Bertz CT molecular complexity index is 631. The highest BCUT2D eigenvalue weighted by Crippen LogP contribution is 2.25. The number of aromatic nitrogens is 2. The van der Waals surface area contributed by atoms with Crippen LogP contribution in [-0.4, -0.2) is 49.0 Å². The summed E-state index contributed by atoms with van der Waals surface area (Å²) in [6.07, 6.45) is 0.0141. The number of methoxy groups -OCH3 is 2. The molecule has 1 aliphatic rings. The predicted octanol–water partition coefficient (Wildman–Crippen LogP) is 1.80. The molecule has 2 heterocycles. The first kappa shape index (κ1) is 15.9. The van der Waals surface area contributed by atoms with Crippen LogP contribution in [0.3, 0.4) is 0 Å². The highest BCUT2D eigenvalue weighted by molar-refractivity contribution is 5.30. The Balaban J connectivity index is 1.63. The van der Waals surface area contributed by atoms with Gasteiger partial charge in [0.1, 0.15) is 12.4 Å². The Labute approximate surface area is 135 Å². The monoisotopic (exact) mass is 319 g/mol. The molecule has 1 aromatic heterocycles. The van der Waals surface area contributed by atoms with E-state index < -0.39 is 0 Å². The number of nitrogens with zero attached hydrogens (tertiary/aromatic N) is 3. The molecule has 0 spiro atoms. The Morgan fingerprint density at radius 2 is 2.26 bits per heavy atom. The van der Waals surface area contributed by atoms with Gasteiger partial charge in [-0.3, -0.25) is 4.90 Å². The van der Waals surface area contributed by atoms with Crippen molar-refractivity contribution in [2.45, 2.75) is 19.3 Å². The van der Waals surface area contributed by atoms with E-state index in [-0.39, 0.29) is 6.10 Å². The van der Waals surface area contributed by atoms with Crippen LogP contribution in [0.25, 0.3) is 0 Å². The molecule has 1 fully saturated rings. The lowest BCUT2D eigenvalue weighted by atomic mass is 10.1. The van der Waals surface area contributed by atoms with Crippen molar-refractivity contribution >= 4 is 0 Å². The number of hydrogen-bond donors (Lipinski definition) is 0. The molecule has 1 aliphatic heterocycles. The van der Waals surface area contributed by atoms with Crippen molar-refractivity contribution in [3.05, 3.63) is 41.5 Å². The molecule has 0 amide bonds. The molecule has 7 heteroatoms. The van der Waals surface area contributed by atoms with E-state index in [0.717, 1.165) is 24.4 Å². The molecule has 0 aliphatic carbocycles. The van der Waals surface area contributed by atoms with Crippen LogP contribution in [0.5, 0.6) is 5.75 Å². The summed E-state index contributed by atoms with van der Waals surface area (Å²) in [5, 5.41) is 3.89. The smallest absolute Gasteiger partial charge is 0.240 e. The van der Waals surface area contributed by atoms with Gasteiger partial charge in [-0.1, -0.05) is 17.3 Å². The van der Waals surface area contributed by atoms with Crippen LogP contribution >= 0.6 is 0 Å². The van der Waals surface area contributed by atoms with Gasteiger partial charge >= 0.3 is 0 Å². The molecule has 124 valence electrons. The lowest BCUT2D eigenvalue weighted by Crippen LogP contribution is -2.37. The van der Waals surface area contributed by atoms with Crippen LogP contribution in [0.15, 0.2) is 28.8 Å². The average Bonchev–Trinajstić information content (AvgIpc) is 3.02. The fraction of sp³-hybridized carbons (Fsp3) is 0.500. The lowest BCUT2D eigenvalue weighted by Gasteiger charge is -2.32. The molecule has 1 aromatic carbocycles. The molecule has 0 saturated carbocycles. The summed E-state index contributed by atoms with van der Waals surface area (Å²) in [6.45, 7) is 3.25. The molecule has 1 atom stereocenters. The maximum Gasteiger partial charge on any atom is 0.240 e. The quantitative estimate of drug-likeness (QED) is 0.804. The Morgan fingerprint density at radius 3 is 3.09 bits per heavy atom. The van der Waals surface area contributed by atoms with Crippen LogP contribution < -0.4 is 4.74 Å². The van der Waals surface area contributed by atoms with Crippen LogP contribution in [0.4, 0.5) is 0 Å². The van der Waals surface area contributed by atoms with Crippen molar-refractivity contribution in [3.8, 4) is 5.75 Å². The van der Waals surface area contributed by atoms with Gasteiger partial charge in [-0.15, -0.1) is 0 Å². The first-order chi connectivity index (χ1) is 11.3. The van der Waals surface area contributed by atoms with Crippen molar-refractivity contribution in [2.24, 2.45) is 0 Å². The Hall–Kier alpha value is -1.96. The minimum atomic E-state index is 0.0141. The van der Waals surface area contributed by atoms with E-state index in [1.165, 1.54) is 0 Å². The van der Waals surface area contributed by atoms with E-state index in [9.17, 15) is 0 Å². The summed E-state index contributed by atoms with van der Waals surface area (Å²) < 4.78 is 21.4. The molecule has 0 unspecified atom stereocenters. The summed E-state index contributed by atoms with van der Waals surface area (Å²) >= 11 is 0. The largest absolute Gasteiger partial charge is 0.497 e. The number of benzene rings is 1. The van der Waals surface area contributed by atoms with Crippen molar-refractivity contribution in [1.82, 2.24) is 15.0 Å². The molecular formula is C16H21N3O4. The van der Waals surface area contributed by atoms with Crippen LogP contribution in [0.1, 0.15) is 23.4 Å². The summed E-state index contributed by atoms with van der Waals surface area (Å²) in [6, 6.07) is 7.98. The summed E-state index contributed by atoms with van der Waals surface area (Å²) in [5.74, 6) is 2.01. The van der Waals surface area contributed by atoms with E-state index in [2.05, 4.69) is 21.1 Å². The molecular weight excluding hydrogens is 298 g/mol. The number of morpholine rings is 1. The van der Waals surface area contributed by atoms with E-state index in [1.807, 2.05) is 18.2 Å². The van der Waals surface area contributed by atoms with Gasteiger partial charge in [0, 0.05) is 20.2 Å². The van der Waals surface area contributed by atoms with Gasteiger partial charge in [0.2, 0.25) is 5.89 Å². The summed E-state index contributed by atoms with van der Waals surface area (Å²) in [7, 11) is 3.27. The fourth-order valence-corrected chi connectivity index (χ4v) is 2.62. The third-order valence-corrected chi connectivity index (χ3v) is 3.76. The van der Waals surface area contributed by atoms with Crippen molar-refractivity contribution in [1.29, 1.82) is 0 Å². The third kappa shape index (κ3) is 4.07. The molecule has 23 heavy (non-hydrogen) atoms. The second-order valence-electron chi connectivity index (χ2n) is 5.41. The minimum Gasteiger partial charge on any atom is -0.497 e. The van der Waals surface area contributed by atoms with Gasteiger partial charge in [0.05, 0.1) is 26.4 Å². The van der Waals surface area contributed by atoms with Crippen LogP contribution in [0.2, 0.25) is 0 Å². The zero-order chi connectivity index (χ0) is 16.1. The topological polar surface area (TPSA) is 69.9 Å². The number of rotatable bonds is 6. The lowest BCUT2D eigenvalue weighted by molar-refractivity contribution is -0.0356. The minimum absolute atomic E-state index is 0.0141. The number of hydrogen-bond acceptors (Lipinski definition) is 7. The highest BCUT2D eigenvalue weighted by Gasteiger charge is 2.23. The SMILES string of the molecule is COCc1noc(CN2CCO[C@@H](c3cccc(OC)c3)C2)n1. The second-order valence-corrected chi connectivity index (χ2v) is 5.41. The van der Waals surface area contributed by atoms with Gasteiger partial charge in [-0.2, -0.15) is 4.98 Å². The van der Waals surface area contributed by atoms with Gasteiger partial charge in [0.15, 0.2) is 5.82 Å². The Kier molecular flexibility index (Phi) is 5.22. The van der Waals surface area contributed by atoms with Gasteiger partial charge < -0.3 is 18.7 Å². The Morgan fingerprint density at radius 1 is 1.35 bits per heavy atom. The standard InChI is InChI=1S/C16H21N3O4/c1-20-11-15-17-16(23-18-15)10-19-6-7-22-14(9-19)12-4-3-5-13(8-12)21-2/h3-5,8,14H,6-7,9-11H2,1-2H3/t14-/m1/s1. The molecule has 0 bridgehead atoms. The summed E-state index contributed by atoms with van der Waals surface area (Å²) in [4.78, 5) is 6.56. The zero-order valence-corrected chi connectivity index (χ0v) is 13.4. The van der Waals surface area contributed by atoms with Crippen molar-refractivity contribution in [3.63, 3.8) is 0 Å². The normalized spacial score (nSPS) is 19.0. The highest BCUT2D eigenvalue weighted by atomic mass is 16.5. The molecule has 0 radical (unpaired) electrons. The van der Waals surface area contributed by atoms with Crippen LogP contribution in [-0.2, 0) is 22.6 Å². The molecule has 0 N–H and O–H groups in total. The molecule has 3 rings (SSSR count). The van der Waals surface area contributed by atoms with Gasteiger partial charge in [-0.05, 0) is 17.7 Å². The van der Waals surface area contributed by atoms with Crippen molar-refractivity contribution < 1.29 is 18.7 Å². The summed E-state index contributed by atoms with van der Waals surface area (Å²) in [5.41, 5.74) is 1.11. The maximum absolute atomic E-state index is 5.89. The first-order valence-corrected chi connectivity index (χ1v) is 7.57. The molecule has 7 nitrogen and oxygen atoms in total. The first-order valence-electron chi connectivity index (χ1n) is 7.57. The molecule has 2 aromatic rings. The predicted molar refractivity (Wildman–Crippen MR) is 82.0 cm³/mol. The zero-order valence-electron chi connectivity index (χ0n) is 13.4. The van der Waals surface area contributed by atoms with Crippen LogP contribution in [0, 0.1) is 0 Å². The molecule has 1 saturated heterocycles. The van der Waals surface area contributed by atoms with E-state index in [0.29, 0.717) is 31.5 Å². The second kappa shape index (κ2) is 7.54. The maximum atomic E-state index is 5.89. The average molecular weight is 319 g/mol. The number of ether oxygens (including phenoxy) is 3. The van der Waals surface area contributed by atoms with E-state index >= 15 is 0 Å². The van der Waals surface area contributed by atoms with Crippen molar-refractivity contribution in [2.75, 3.05) is 33.9 Å². The van der Waals surface area contributed by atoms with Gasteiger partial charge in [-0.25, -0.2) is 0 Å². The van der Waals surface area contributed by atoms with Gasteiger partial charge in [0.25, 0.3) is 0 Å².